The molecule has 1 aliphatic rings. The van der Waals surface area contributed by atoms with E-state index in [9.17, 15) is 18.0 Å². The fourth-order valence-electron chi connectivity index (χ4n) is 4.06. The van der Waals surface area contributed by atoms with E-state index < -0.39 is 15.9 Å². The average Bonchev–Trinajstić information content (AvgIpc) is 3.20. The zero-order valence-corrected chi connectivity index (χ0v) is 22.9. The molecule has 0 bridgehead atoms. The lowest BCUT2D eigenvalue weighted by Gasteiger charge is -2.30. The lowest BCUT2D eigenvalue weighted by Crippen LogP contribution is -2.36. The van der Waals surface area contributed by atoms with Crippen LogP contribution in [0.5, 0.6) is 0 Å². The molecule has 2 aromatic rings. The number of nitrogens with one attached hydrogen (secondary N) is 1. The summed E-state index contributed by atoms with van der Waals surface area (Å²) in [4.78, 5) is 31.2. The molecular formula is C26H34N4O4S2. The number of benzene rings is 1. The van der Waals surface area contributed by atoms with Gasteiger partial charge >= 0.3 is 0 Å². The highest BCUT2D eigenvalue weighted by Crippen LogP contribution is 2.38. The molecule has 1 aromatic heterocycles. The van der Waals surface area contributed by atoms with Crippen LogP contribution in [0.3, 0.4) is 0 Å². The highest BCUT2D eigenvalue weighted by molar-refractivity contribution is 7.89. The number of fused-ring (bicyclic) bond motifs is 1. The smallest absolute Gasteiger partial charge is 0.256 e. The van der Waals surface area contributed by atoms with Gasteiger partial charge in [0, 0.05) is 56.8 Å². The van der Waals surface area contributed by atoms with Gasteiger partial charge in [-0.15, -0.1) is 24.5 Å². The second kappa shape index (κ2) is 11.5. The number of amides is 2. The molecule has 194 valence electrons. The van der Waals surface area contributed by atoms with Crippen LogP contribution in [0.1, 0.15) is 45.0 Å². The van der Waals surface area contributed by atoms with Gasteiger partial charge in [-0.2, -0.15) is 4.31 Å². The summed E-state index contributed by atoms with van der Waals surface area (Å²) in [5.74, 6) is -0.549. The van der Waals surface area contributed by atoms with E-state index in [0.29, 0.717) is 22.2 Å². The Hall–Kier alpha value is -2.79. The lowest BCUT2D eigenvalue weighted by molar-refractivity contribution is 0.0827. The van der Waals surface area contributed by atoms with Crippen molar-refractivity contribution in [3.63, 3.8) is 0 Å². The van der Waals surface area contributed by atoms with Gasteiger partial charge in [0.2, 0.25) is 10.0 Å². The first-order chi connectivity index (χ1) is 17.0. The SMILES string of the molecule is C=CCN(CC=C)S(=O)(=O)c1ccc(C(=O)Nc2sc3c(c2C(=O)N(C)C)CCN(C(C)C)C3)cc1. The first-order valence-corrected chi connectivity index (χ1v) is 14.0. The minimum absolute atomic E-state index is 0.0755. The molecule has 10 heteroatoms. The summed E-state index contributed by atoms with van der Waals surface area (Å²) in [7, 11) is -0.369. The molecular weight excluding hydrogens is 496 g/mol. The third-order valence-electron chi connectivity index (χ3n) is 6.08. The van der Waals surface area contributed by atoms with E-state index in [2.05, 4.69) is 37.2 Å². The Kier molecular flexibility index (Phi) is 8.89. The van der Waals surface area contributed by atoms with Crippen LogP contribution < -0.4 is 5.32 Å². The zero-order chi connectivity index (χ0) is 26.6. The van der Waals surface area contributed by atoms with Gasteiger partial charge in [0.15, 0.2) is 0 Å². The van der Waals surface area contributed by atoms with Crippen LogP contribution in [0.4, 0.5) is 5.00 Å². The van der Waals surface area contributed by atoms with Gasteiger partial charge in [0.05, 0.1) is 10.5 Å². The van der Waals surface area contributed by atoms with Gasteiger partial charge in [-0.1, -0.05) is 12.2 Å². The summed E-state index contributed by atoms with van der Waals surface area (Å²) >= 11 is 1.43. The summed E-state index contributed by atoms with van der Waals surface area (Å²) in [6, 6.07) is 6.16. The fraction of sp³-hybridized carbons (Fsp3) is 0.385. The maximum absolute atomic E-state index is 13.1. The molecule has 0 radical (unpaired) electrons. The number of hydrogen-bond donors (Lipinski definition) is 1. The van der Waals surface area contributed by atoms with Crippen molar-refractivity contribution in [1.82, 2.24) is 14.1 Å². The van der Waals surface area contributed by atoms with Gasteiger partial charge < -0.3 is 10.2 Å². The lowest BCUT2D eigenvalue weighted by atomic mass is 10.0. The molecule has 0 aliphatic carbocycles. The van der Waals surface area contributed by atoms with Crippen LogP contribution in [0.25, 0.3) is 0 Å². The Balaban J connectivity index is 1.88. The molecule has 3 rings (SSSR count). The molecule has 1 N–H and O–H groups in total. The predicted octanol–water partition coefficient (Wildman–Crippen LogP) is 3.83. The zero-order valence-electron chi connectivity index (χ0n) is 21.3. The predicted molar refractivity (Wildman–Crippen MR) is 145 cm³/mol. The number of nitrogens with zero attached hydrogens (tertiary/aromatic N) is 3. The highest BCUT2D eigenvalue weighted by Gasteiger charge is 2.30. The first kappa shape index (κ1) is 27.8. The fourth-order valence-corrected chi connectivity index (χ4v) is 6.71. The van der Waals surface area contributed by atoms with E-state index in [1.165, 1.54) is 57.0 Å². The number of sulfonamides is 1. The van der Waals surface area contributed by atoms with E-state index in [-0.39, 0.29) is 23.9 Å². The summed E-state index contributed by atoms with van der Waals surface area (Å²) in [6.45, 7) is 13.4. The molecule has 0 unspecified atom stereocenters. The third kappa shape index (κ3) is 5.78. The molecule has 0 saturated carbocycles. The summed E-state index contributed by atoms with van der Waals surface area (Å²) < 4.78 is 27.1. The maximum Gasteiger partial charge on any atom is 0.256 e. The summed E-state index contributed by atoms with van der Waals surface area (Å²) in [5.41, 5.74) is 1.84. The van der Waals surface area contributed by atoms with Crippen molar-refractivity contribution in [2.45, 2.75) is 37.8 Å². The molecule has 0 saturated heterocycles. The van der Waals surface area contributed by atoms with Crippen molar-refractivity contribution in [1.29, 1.82) is 0 Å². The second-order valence-corrected chi connectivity index (χ2v) is 12.1. The quantitative estimate of drug-likeness (QED) is 0.472. The Bertz CT molecular complexity index is 1240. The molecule has 0 atom stereocenters. The molecule has 8 nitrogen and oxygen atoms in total. The third-order valence-corrected chi connectivity index (χ3v) is 9.06. The van der Waals surface area contributed by atoms with Gasteiger partial charge in [-0.25, -0.2) is 8.42 Å². The minimum atomic E-state index is -3.76. The van der Waals surface area contributed by atoms with Crippen molar-refractivity contribution >= 4 is 38.2 Å². The van der Waals surface area contributed by atoms with Gasteiger partial charge in [0.25, 0.3) is 11.8 Å². The largest absolute Gasteiger partial charge is 0.345 e. The van der Waals surface area contributed by atoms with Crippen molar-refractivity contribution < 1.29 is 18.0 Å². The molecule has 2 amide bonds. The second-order valence-electron chi connectivity index (χ2n) is 9.10. The number of rotatable bonds is 10. The molecule has 2 heterocycles. The molecule has 0 fully saturated rings. The van der Waals surface area contributed by atoms with Crippen LogP contribution in [0, 0.1) is 0 Å². The van der Waals surface area contributed by atoms with E-state index in [1.807, 2.05) is 0 Å². The minimum Gasteiger partial charge on any atom is -0.345 e. The molecule has 1 aliphatic heterocycles. The van der Waals surface area contributed by atoms with Crippen molar-refractivity contribution in [2.75, 3.05) is 39.0 Å². The number of carbonyl (C=O) groups is 2. The van der Waals surface area contributed by atoms with Crippen molar-refractivity contribution in [3.05, 3.63) is 71.1 Å². The van der Waals surface area contributed by atoms with Gasteiger partial charge in [-0.3, -0.25) is 14.5 Å². The Morgan fingerprint density at radius 3 is 2.28 bits per heavy atom. The van der Waals surface area contributed by atoms with Crippen LogP contribution in [0.15, 0.2) is 54.5 Å². The van der Waals surface area contributed by atoms with Crippen LogP contribution in [-0.2, 0) is 23.0 Å². The number of thiophene rings is 1. The van der Waals surface area contributed by atoms with E-state index >= 15 is 0 Å². The van der Waals surface area contributed by atoms with E-state index in [0.717, 1.165) is 30.0 Å². The monoisotopic (exact) mass is 530 g/mol. The van der Waals surface area contributed by atoms with Crippen LogP contribution in [-0.4, -0.2) is 74.1 Å². The van der Waals surface area contributed by atoms with Gasteiger partial charge in [0.1, 0.15) is 5.00 Å². The Morgan fingerprint density at radius 1 is 1.14 bits per heavy atom. The highest BCUT2D eigenvalue weighted by atomic mass is 32.2. The molecule has 1 aromatic carbocycles. The average molecular weight is 531 g/mol. The number of carbonyl (C=O) groups excluding carboxylic acids is 2. The summed E-state index contributed by atoms with van der Waals surface area (Å²) in [5, 5.41) is 3.43. The Labute approximate surface area is 217 Å². The topological polar surface area (TPSA) is 90.0 Å². The standard InChI is InChI=1S/C26H34N4O4S2/c1-7-14-30(15-8-2)36(33,34)20-11-9-19(10-12-20)24(31)27-25-23(26(32)28(5)6)21-13-16-29(18(3)4)17-22(21)35-25/h7-12,18H,1-2,13-17H2,3-6H3,(H,27,31). The molecule has 36 heavy (non-hydrogen) atoms. The van der Waals surface area contributed by atoms with E-state index in [4.69, 9.17) is 0 Å². The van der Waals surface area contributed by atoms with Crippen LogP contribution >= 0.6 is 11.3 Å². The summed E-state index contributed by atoms with van der Waals surface area (Å²) in [6.07, 6.45) is 3.76. The van der Waals surface area contributed by atoms with Crippen LogP contribution in [0.2, 0.25) is 0 Å². The van der Waals surface area contributed by atoms with Crippen molar-refractivity contribution in [2.24, 2.45) is 0 Å². The maximum atomic E-state index is 13.1. The first-order valence-electron chi connectivity index (χ1n) is 11.7. The number of hydrogen-bond acceptors (Lipinski definition) is 6. The Morgan fingerprint density at radius 2 is 1.75 bits per heavy atom. The van der Waals surface area contributed by atoms with Gasteiger partial charge in [-0.05, 0) is 50.1 Å². The van der Waals surface area contributed by atoms with Crippen molar-refractivity contribution in [3.8, 4) is 0 Å². The number of anilines is 1. The molecule has 0 spiro atoms. The van der Waals surface area contributed by atoms with E-state index in [1.54, 1.807) is 14.1 Å². The normalized spacial score (nSPS) is 13.9.